The standard InChI is InChI=1S/C22H41NO4/c1-4-6-8-16-23(3)17-9-7-11-21(25)14-18-27-19-15-22(26)13-12-20(24)10-5-2/h4-19H2,1-3H3. The van der Waals surface area contributed by atoms with Crippen molar-refractivity contribution in [2.24, 2.45) is 0 Å². The Labute approximate surface area is 166 Å². The highest BCUT2D eigenvalue weighted by atomic mass is 16.5. The van der Waals surface area contributed by atoms with Gasteiger partial charge in [-0.05, 0) is 45.8 Å². The normalized spacial score (nSPS) is 11.1. The Bertz CT molecular complexity index is 409. The minimum absolute atomic E-state index is 0.0637. The van der Waals surface area contributed by atoms with E-state index in [0.29, 0.717) is 51.7 Å². The monoisotopic (exact) mass is 383 g/mol. The fourth-order valence-corrected chi connectivity index (χ4v) is 2.85. The maximum atomic E-state index is 11.8. The molecule has 0 bridgehead atoms. The molecule has 0 aromatic heterocycles. The summed E-state index contributed by atoms with van der Waals surface area (Å²) in [4.78, 5) is 37.2. The molecular formula is C22H41NO4. The van der Waals surface area contributed by atoms with Crippen molar-refractivity contribution in [2.75, 3.05) is 33.4 Å². The first kappa shape index (κ1) is 25.9. The number of Topliss-reactive ketones (excluding diaryl/α,β-unsaturated/α-hetero) is 3. The van der Waals surface area contributed by atoms with E-state index in [2.05, 4.69) is 18.9 Å². The second-order valence-corrected chi connectivity index (χ2v) is 7.45. The Balaban J connectivity index is 3.48. The molecule has 5 heteroatoms. The van der Waals surface area contributed by atoms with Crippen LogP contribution in [-0.4, -0.2) is 55.6 Å². The van der Waals surface area contributed by atoms with Crippen molar-refractivity contribution >= 4 is 17.3 Å². The molecule has 0 fully saturated rings. The van der Waals surface area contributed by atoms with E-state index in [1.165, 1.54) is 19.3 Å². The van der Waals surface area contributed by atoms with E-state index in [-0.39, 0.29) is 17.3 Å². The third kappa shape index (κ3) is 18.1. The Kier molecular flexibility index (Phi) is 17.6. The fraction of sp³-hybridized carbons (Fsp3) is 0.864. The number of carbonyl (C=O) groups excluding carboxylic acids is 3. The smallest absolute Gasteiger partial charge is 0.135 e. The fourth-order valence-electron chi connectivity index (χ4n) is 2.85. The topological polar surface area (TPSA) is 63.7 Å². The molecule has 158 valence electrons. The summed E-state index contributed by atoms with van der Waals surface area (Å²) in [5.74, 6) is 0.457. The minimum atomic E-state index is 0.0637. The minimum Gasteiger partial charge on any atom is -0.381 e. The molecule has 0 radical (unpaired) electrons. The van der Waals surface area contributed by atoms with Gasteiger partial charge in [0.2, 0.25) is 0 Å². The van der Waals surface area contributed by atoms with Crippen LogP contribution in [0, 0.1) is 0 Å². The van der Waals surface area contributed by atoms with Gasteiger partial charge >= 0.3 is 0 Å². The summed E-state index contributed by atoms with van der Waals surface area (Å²) in [6, 6.07) is 0. The number of unbranched alkanes of at least 4 members (excludes halogenated alkanes) is 3. The molecule has 0 aliphatic carbocycles. The third-order valence-electron chi connectivity index (χ3n) is 4.65. The van der Waals surface area contributed by atoms with Crippen LogP contribution in [0.1, 0.15) is 90.9 Å². The lowest BCUT2D eigenvalue weighted by Gasteiger charge is -2.15. The Hall–Kier alpha value is -1.07. The number of ketones is 3. The van der Waals surface area contributed by atoms with Crippen molar-refractivity contribution in [3.05, 3.63) is 0 Å². The van der Waals surface area contributed by atoms with Gasteiger partial charge in [0.1, 0.15) is 17.3 Å². The number of hydrogen-bond acceptors (Lipinski definition) is 5. The SMILES string of the molecule is CCCCCN(C)CCCCC(=O)CCOCCC(=O)CCC(=O)CCC. The van der Waals surface area contributed by atoms with Gasteiger partial charge in [0, 0.05) is 38.5 Å². The third-order valence-corrected chi connectivity index (χ3v) is 4.65. The molecule has 0 rings (SSSR count). The van der Waals surface area contributed by atoms with Crippen LogP contribution in [0.4, 0.5) is 0 Å². The van der Waals surface area contributed by atoms with Gasteiger partial charge in [0.25, 0.3) is 0 Å². The quantitative estimate of drug-likeness (QED) is 0.292. The Morgan fingerprint density at radius 2 is 1.15 bits per heavy atom. The van der Waals surface area contributed by atoms with Gasteiger partial charge in [-0.15, -0.1) is 0 Å². The predicted octanol–water partition coefficient (Wildman–Crippen LogP) is 4.36. The maximum absolute atomic E-state index is 11.8. The van der Waals surface area contributed by atoms with E-state index in [9.17, 15) is 14.4 Å². The summed E-state index contributed by atoms with van der Waals surface area (Å²) in [7, 11) is 2.15. The summed E-state index contributed by atoms with van der Waals surface area (Å²) in [5, 5.41) is 0. The highest BCUT2D eigenvalue weighted by Gasteiger charge is 2.07. The van der Waals surface area contributed by atoms with E-state index in [4.69, 9.17) is 4.74 Å². The number of carbonyl (C=O) groups is 3. The molecular weight excluding hydrogens is 342 g/mol. The first-order valence-electron chi connectivity index (χ1n) is 10.8. The van der Waals surface area contributed by atoms with Gasteiger partial charge in [-0.1, -0.05) is 26.7 Å². The van der Waals surface area contributed by atoms with Crippen molar-refractivity contribution in [2.45, 2.75) is 90.9 Å². The van der Waals surface area contributed by atoms with Crippen LogP contribution in [0.5, 0.6) is 0 Å². The average molecular weight is 384 g/mol. The van der Waals surface area contributed by atoms with Gasteiger partial charge in [-0.2, -0.15) is 0 Å². The first-order valence-corrected chi connectivity index (χ1v) is 10.8. The van der Waals surface area contributed by atoms with E-state index < -0.39 is 0 Å². The Morgan fingerprint density at radius 1 is 0.630 bits per heavy atom. The van der Waals surface area contributed by atoms with Crippen LogP contribution in [0.15, 0.2) is 0 Å². The lowest BCUT2D eigenvalue weighted by atomic mass is 10.1. The molecule has 0 amide bonds. The molecule has 0 saturated heterocycles. The highest BCUT2D eigenvalue weighted by molar-refractivity contribution is 5.85. The molecule has 0 aliphatic rings. The zero-order valence-electron chi connectivity index (χ0n) is 17.9. The molecule has 0 atom stereocenters. The van der Waals surface area contributed by atoms with Gasteiger partial charge in [0.15, 0.2) is 0 Å². The summed E-state index contributed by atoms with van der Waals surface area (Å²) < 4.78 is 5.39. The van der Waals surface area contributed by atoms with Crippen molar-refractivity contribution in [3.63, 3.8) is 0 Å². The van der Waals surface area contributed by atoms with E-state index in [0.717, 1.165) is 32.4 Å². The van der Waals surface area contributed by atoms with Crippen molar-refractivity contribution in [1.29, 1.82) is 0 Å². The molecule has 0 aromatic carbocycles. The average Bonchev–Trinajstić information content (AvgIpc) is 2.64. The summed E-state index contributed by atoms with van der Waals surface area (Å²) >= 11 is 0. The molecule has 0 heterocycles. The molecule has 0 spiro atoms. The van der Waals surface area contributed by atoms with Gasteiger partial charge < -0.3 is 9.64 Å². The molecule has 0 N–H and O–H groups in total. The highest BCUT2D eigenvalue weighted by Crippen LogP contribution is 2.04. The van der Waals surface area contributed by atoms with Crippen LogP contribution in [0.2, 0.25) is 0 Å². The summed E-state index contributed by atoms with van der Waals surface area (Å²) in [5.41, 5.74) is 0. The lowest BCUT2D eigenvalue weighted by molar-refractivity contribution is -0.125. The maximum Gasteiger partial charge on any atom is 0.135 e. The van der Waals surface area contributed by atoms with Gasteiger partial charge in [-0.3, -0.25) is 14.4 Å². The molecule has 0 unspecified atom stereocenters. The van der Waals surface area contributed by atoms with Gasteiger partial charge in [0.05, 0.1) is 13.2 Å². The largest absolute Gasteiger partial charge is 0.381 e. The summed E-state index contributed by atoms with van der Waals surface area (Å²) in [6.07, 6.45) is 9.19. The second-order valence-electron chi connectivity index (χ2n) is 7.45. The van der Waals surface area contributed by atoms with Crippen molar-refractivity contribution < 1.29 is 19.1 Å². The van der Waals surface area contributed by atoms with Gasteiger partial charge in [-0.25, -0.2) is 0 Å². The number of rotatable bonds is 20. The van der Waals surface area contributed by atoms with Crippen LogP contribution in [-0.2, 0) is 19.1 Å². The van der Waals surface area contributed by atoms with Crippen molar-refractivity contribution in [1.82, 2.24) is 4.90 Å². The molecule has 5 nitrogen and oxygen atoms in total. The second kappa shape index (κ2) is 18.3. The zero-order valence-corrected chi connectivity index (χ0v) is 17.9. The number of hydrogen-bond donors (Lipinski definition) is 0. The van der Waals surface area contributed by atoms with Crippen LogP contribution in [0.3, 0.4) is 0 Å². The Morgan fingerprint density at radius 3 is 1.70 bits per heavy atom. The van der Waals surface area contributed by atoms with E-state index >= 15 is 0 Å². The first-order chi connectivity index (χ1) is 13.0. The molecule has 0 saturated carbocycles. The van der Waals surface area contributed by atoms with Crippen molar-refractivity contribution in [3.8, 4) is 0 Å². The molecule has 0 aromatic rings. The number of nitrogens with zero attached hydrogens (tertiary/aromatic N) is 1. The molecule has 0 aliphatic heterocycles. The van der Waals surface area contributed by atoms with Crippen LogP contribution >= 0.6 is 0 Å². The zero-order chi connectivity index (χ0) is 20.3. The van der Waals surface area contributed by atoms with Crippen LogP contribution in [0.25, 0.3) is 0 Å². The number of ether oxygens (including phenoxy) is 1. The predicted molar refractivity (Wildman–Crippen MR) is 110 cm³/mol. The lowest BCUT2D eigenvalue weighted by Crippen LogP contribution is -2.21. The van der Waals surface area contributed by atoms with E-state index in [1.807, 2.05) is 6.92 Å². The van der Waals surface area contributed by atoms with E-state index in [1.54, 1.807) is 0 Å². The summed E-state index contributed by atoms with van der Waals surface area (Å²) in [6.45, 7) is 7.10. The molecule has 27 heavy (non-hydrogen) atoms. The van der Waals surface area contributed by atoms with Crippen LogP contribution < -0.4 is 0 Å².